The summed E-state index contributed by atoms with van der Waals surface area (Å²) in [6, 6.07) is 5.67. The van der Waals surface area contributed by atoms with Gasteiger partial charge >= 0.3 is 0 Å². The Morgan fingerprint density at radius 2 is 2.21 bits per heavy atom. The minimum Gasteiger partial charge on any atom is -0.481 e. The van der Waals surface area contributed by atoms with E-state index in [-0.39, 0.29) is 18.5 Å². The average Bonchev–Trinajstić information content (AvgIpc) is 2.37. The molecule has 0 heterocycles. The number of hydrogen-bond acceptors (Lipinski definition) is 3. The molecule has 0 aliphatic heterocycles. The van der Waals surface area contributed by atoms with Crippen LogP contribution in [0.3, 0.4) is 0 Å². The molecule has 0 saturated carbocycles. The van der Waals surface area contributed by atoms with Crippen molar-refractivity contribution in [1.82, 2.24) is 5.32 Å². The first-order valence-corrected chi connectivity index (χ1v) is 6.19. The number of benzene rings is 1. The third-order valence-corrected chi connectivity index (χ3v) is 2.76. The number of carbonyl (C=O) groups excluding carboxylic acids is 1. The molecule has 1 aromatic rings. The maximum atomic E-state index is 11.6. The van der Waals surface area contributed by atoms with E-state index in [1.807, 2.05) is 32.0 Å². The van der Waals surface area contributed by atoms with Gasteiger partial charge in [-0.25, -0.2) is 0 Å². The first-order valence-electron chi connectivity index (χ1n) is 6.19. The molecule has 19 heavy (non-hydrogen) atoms. The van der Waals surface area contributed by atoms with Gasteiger partial charge in [0.2, 0.25) is 0 Å². The largest absolute Gasteiger partial charge is 0.481 e. The molecule has 102 valence electrons. The number of nitrogens with one attached hydrogen (secondary N) is 1. The highest BCUT2D eigenvalue weighted by molar-refractivity contribution is 5.80. The summed E-state index contributed by atoms with van der Waals surface area (Å²) in [5.41, 5.74) is 7.80. The molecule has 1 amide bonds. The van der Waals surface area contributed by atoms with E-state index in [9.17, 15) is 4.79 Å². The van der Waals surface area contributed by atoms with Crippen molar-refractivity contribution in [2.45, 2.75) is 32.9 Å². The van der Waals surface area contributed by atoms with Gasteiger partial charge in [0.1, 0.15) is 5.75 Å². The summed E-state index contributed by atoms with van der Waals surface area (Å²) in [4.78, 5) is 11.6. The van der Waals surface area contributed by atoms with Crippen LogP contribution < -0.4 is 15.8 Å². The lowest BCUT2D eigenvalue weighted by Crippen LogP contribution is -2.36. The van der Waals surface area contributed by atoms with Crippen molar-refractivity contribution in [3.8, 4) is 18.1 Å². The Hall–Kier alpha value is -1.99. The van der Waals surface area contributed by atoms with Crippen LogP contribution in [-0.4, -0.2) is 18.6 Å². The highest BCUT2D eigenvalue weighted by Crippen LogP contribution is 2.22. The smallest absolute Gasteiger partial charge is 0.261 e. The number of hydrogen-bond donors (Lipinski definition) is 2. The lowest BCUT2D eigenvalue weighted by Gasteiger charge is -2.17. The Labute approximate surface area is 114 Å². The van der Waals surface area contributed by atoms with Gasteiger partial charge in [0.15, 0.2) is 6.10 Å². The second-order valence-corrected chi connectivity index (χ2v) is 4.50. The SMILES string of the molecule is C#CCNC(=O)C(C)Oc1ccc([C@@H](C)N)cc1C. The van der Waals surface area contributed by atoms with Gasteiger partial charge in [0, 0.05) is 6.04 Å². The quantitative estimate of drug-likeness (QED) is 0.789. The number of amides is 1. The van der Waals surface area contributed by atoms with Gasteiger partial charge in [0.25, 0.3) is 5.91 Å². The van der Waals surface area contributed by atoms with Crippen molar-refractivity contribution >= 4 is 5.91 Å². The first-order chi connectivity index (χ1) is 8.95. The zero-order valence-corrected chi connectivity index (χ0v) is 11.6. The fraction of sp³-hybridized carbons (Fsp3) is 0.400. The molecule has 0 bridgehead atoms. The van der Waals surface area contributed by atoms with Crippen molar-refractivity contribution in [2.75, 3.05) is 6.54 Å². The maximum Gasteiger partial charge on any atom is 0.261 e. The topological polar surface area (TPSA) is 64.3 Å². The molecule has 2 atom stereocenters. The summed E-state index contributed by atoms with van der Waals surface area (Å²) < 4.78 is 5.62. The van der Waals surface area contributed by atoms with Crippen LogP contribution in [0.2, 0.25) is 0 Å². The minimum atomic E-state index is -0.590. The highest BCUT2D eigenvalue weighted by atomic mass is 16.5. The fourth-order valence-corrected chi connectivity index (χ4v) is 1.61. The second kappa shape index (κ2) is 6.81. The molecule has 4 nitrogen and oxygen atoms in total. The molecule has 0 aliphatic carbocycles. The van der Waals surface area contributed by atoms with Crippen LogP contribution in [-0.2, 0) is 4.79 Å². The number of rotatable bonds is 5. The van der Waals surface area contributed by atoms with Crippen molar-refractivity contribution < 1.29 is 9.53 Å². The molecule has 3 N–H and O–H groups in total. The molecule has 0 radical (unpaired) electrons. The standard InChI is InChI=1S/C15H20N2O2/c1-5-8-17-15(18)12(4)19-14-7-6-13(11(3)16)9-10(14)2/h1,6-7,9,11-12H,8,16H2,2-4H3,(H,17,18)/t11-,12?/m1/s1. The number of terminal acetylenes is 1. The van der Waals surface area contributed by atoms with Gasteiger partial charge in [0.05, 0.1) is 6.54 Å². The molecular weight excluding hydrogens is 240 g/mol. The zero-order valence-electron chi connectivity index (χ0n) is 11.6. The van der Waals surface area contributed by atoms with Crippen LogP contribution in [0.4, 0.5) is 0 Å². The fourth-order valence-electron chi connectivity index (χ4n) is 1.61. The van der Waals surface area contributed by atoms with Crippen LogP contribution in [0, 0.1) is 19.3 Å². The third-order valence-electron chi connectivity index (χ3n) is 2.76. The highest BCUT2D eigenvalue weighted by Gasteiger charge is 2.15. The van der Waals surface area contributed by atoms with E-state index >= 15 is 0 Å². The summed E-state index contributed by atoms with van der Waals surface area (Å²) in [6.07, 6.45) is 4.49. The first kappa shape index (κ1) is 15.1. The van der Waals surface area contributed by atoms with E-state index in [0.29, 0.717) is 5.75 Å². The molecule has 1 rings (SSSR count). The summed E-state index contributed by atoms with van der Waals surface area (Å²) in [5.74, 6) is 2.79. The van der Waals surface area contributed by atoms with E-state index in [2.05, 4.69) is 11.2 Å². The van der Waals surface area contributed by atoms with Crippen LogP contribution in [0.15, 0.2) is 18.2 Å². The Bertz CT molecular complexity index is 489. The van der Waals surface area contributed by atoms with Crippen molar-refractivity contribution in [1.29, 1.82) is 0 Å². The predicted octanol–water partition coefficient (Wildman–Crippen LogP) is 1.53. The van der Waals surface area contributed by atoms with Gasteiger partial charge < -0.3 is 15.8 Å². The average molecular weight is 260 g/mol. The number of aryl methyl sites for hydroxylation is 1. The molecule has 0 spiro atoms. The summed E-state index contributed by atoms with van der Waals surface area (Å²) in [6.45, 7) is 5.73. The minimum absolute atomic E-state index is 0.0240. The summed E-state index contributed by atoms with van der Waals surface area (Å²) >= 11 is 0. The Balaban J connectivity index is 2.72. The molecule has 0 fully saturated rings. The zero-order chi connectivity index (χ0) is 14.4. The van der Waals surface area contributed by atoms with Crippen LogP contribution in [0.25, 0.3) is 0 Å². The normalized spacial score (nSPS) is 13.2. The van der Waals surface area contributed by atoms with E-state index in [1.165, 1.54) is 0 Å². The summed E-state index contributed by atoms with van der Waals surface area (Å²) in [5, 5.41) is 2.58. The molecule has 4 heteroatoms. The molecule has 0 aliphatic rings. The predicted molar refractivity (Wildman–Crippen MR) is 75.7 cm³/mol. The Morgan fingerprint density at radius 3 is 2.74 bits per heavy atom. The van der Waals surface area contributed by atoms with E-state index in [0.717, 1.165) is 11.1 Å². The van der Waals surface area contributed by atoms with Crippen molar-refractivity contribution in [3.05, 3.63) is 29.3 Å². The van der Waals surface area contributed by atoms with Crippen molar-refractivity contribution in [2.24, 2.45) is 5.73 Å². The van der Waals surface area contributed by atoms with Crippen molar-refractivity contribution in [3.63, 3.8) is 0 Å². The molecule has 0 aromatic heterocycles. The monoisotopic (exact) mass is 260 g/mol. The molecular formula is C15H20N2O2. The van der Waals surface area contributed by atoms with Gasteiger partial charge in [-0.2, -0.15) is 0 Å². The molecule has 0 saturated heterocycles. The van der Waals surface area contributed by atoms with Crippen LogP contribution in [0.1, 0.15) is 31.0 Å². The van der Waals surface area contributed by atoms with Crippen LogP contribution in [0.5, 0.6) is 5.75 Å². The Morgan fingerprint density at radius 1 is 1.53 bits per heavy atom. The lowest BCUT2D eigenvalue weighted by molar-refractivity contribution is -0.127. The number of ether oxygens (including phenoxy) is 1. The number of nitrogens with two attached hydrogens (primary N) is 1. The second-order valence-electron chi connectivity index (χ2n) is 4.50. The van der Waals surface area contributed by atoms with Gasteiger partial charge in [-0.3, -0.25) is 4.79 Å². The van der Waals surface area contributed by atoms with Gasteiger partial charge in [-0.1, -0.05) is 18.1 Å². The molecule has 1 unspecified atom stereocenters. The van der Waals surface area contributed by atoms with E-state index in [4.69, 9.17) is 16.9 Å². The van der Waals surface area contributed by atoms with E-state index < -0.39 is 6.10 Å². The number of carbonyl (C=O) groups is 1. The van der Waals surface area contributed by atoms with E-state index in [1.54, 1.807) is 6.92 Å². The molecule has 1 aromatic carbocycles. The Kier molecular flexibility index (Phi) is 5.40. The van der Waals surface area contributed by atoms with Gasteiger partial charge in [-0.05, 0) is 38.0 Å². The van der Waals surface area contributed by atoms with Gasteiger partial charge in [-0.15, -0.1) is 6.42 Å². The lowest BCUT2D eigenvalue weighted by atomic mass is 10.1. The summed E-state index contributed by atoms with van der Waals surface area (Å²) in [7, 11) is 0. The third kappa shape index (κ3) is 4.31. The maximum absolute atomic E-state index is 11.6. The van der Waals surface area contributed by atoms with Crippen LogP contribution >= 0.6 is 0 Å².